The van der Waals surface area contributed by atoms with Gasteiger partial charge in [-0.2, -0.15) is 5.10 Å². The zero-order valence-electron chi connectivity index (χ0n) is 13.6. The van der Waals surface area contributed by atoms with Crippen LogP contribution in [0.5, 0.6) is 0 Å². The van der Waals surface area contributed by atoms with Gasteiger partial charge in [0.25, 0.3) is 0 Å². The molecule has 0 unspecified atom stereocenters. The average Bonchev–Trinajstić information content (AvgIpc) is 2.99. The number of rotatable bonds is 4. The molecule has 1 saturated carbocycles. The number of benzene rings is 1. The summed E-state index contributed by atoms with van der Waals surface area (Å²) in [6.07, 6.45) is 12.4. The summed E-state index contributed by atoms with van der Waals surface area (Å²) < 4.78 is 1.72. The Kier molecular flexibility index (Phi) is 5.46. The van der Waals surface area contributed by atoms with Crippen molar-refractivity contribution in [3.8, 4) is 11.1 Å². The molecule has 4 heteroatoms. The number of nitrogens with one attached hydrogen (secondary N) is 1. The van der Waals surface area contributed by atoms with Gasteiger partial charge in [0.2, 0.25) is 5.91 Å². The summed E-state index contributed by atoms with van der Waals surface area (Å²) in [5.74, 6) is 0.0679. The molecule has 1 aliphatic rings. The molecule has 0 radical (unpaired) electrons. The fraction of sp³-hybridized carbons (Fsp3) is 0.474. The number of aromatic nitrogens is 2. The minimum Gasteiger partial charge on any atom is -0.352 e. The molecule has 1 aromatic carbocycles. The van der Waals surface area contributed by atoms with E-state index in [4.69, 9.17) is 0 Å². The van der Waals surface area contributed by atoms with Crippen LogP contribution in [0.3, 0.4) is 0 Å². The second kappa shape index (κ2) is 7.95. The highest BCUT2D eigenvalue weighted by Gasteiger charge is 2.14. The molecule has 1 fully saturated rings. The molecule has 0 saturated heterocycles. The van der Waals surface area contributed by atoms with Gasteiger partial charge in [0.1, 0.15) is 6.54 Å². The van der Waals surface area contributed by atoms with Crippen LogP contribution in [0.1, 0.15) is 44.9 Å². The Morgan fingerprint density at radius 1 is 1.04 bits per heavy atom. The summed E-state index contributed by atoms with van der Waals surface area (Å²) in [6, 6.07) is 10.5. The summed E-state index contributed by atoms with van der Waals surface area (Å²) in [5.41, 5.74) is 2.17. The summed E-state index contributed by atoms with van der Waals surface area (Å²) in [5, 5.41) is 7.50. The second-order valence-corrected chi connectivity index (χ2v) is 6.40. The zero-order chi connectivity index (χ0) is 15.9. The summed E-state index contributed by atoms with van der Waals surface area (Å²) >= 11 is 0. The first kappa shape index (κ1) is 15.8. The van der Waals surface area contributed by atoms with Gasteiger partial charge in [-0.25, -0.2) is 0 Å². The Morgan fingerprint density at radius 2 is 1.74 bits per heavy atom. The molecule has 2 aromatic rings. The van der Waals surface area contributed by atoms with Crippen molar-refractivity contribution in [1.29, 1.82) is 0 Å². The largest absolute Gasteiger partial charge is 0.352 e. The van der Waals surface area contributed by atoms with Gasteiger partial charge in [-0.3, -0.25) is 9.48 Å². The minimum absolute atomic E-state index is 0.0679. The van der Waals surface area contributed by atoms with Crippen LogP contribution in [0.2, 0.25) is 0 Å². The van der Waals surface area contributed by atoms with Crippen LogP contribution >= 0.6 is 0 Å². The van der Waals surface area contributed by atoms with E-state index in [1.165, 1.54) is 32.1 Å². The molecule has 1 heterocycles. The lowest BCUT2D eigenvalue weighted by Crippen LogP contribution is -2.37. The lowest BCUT2D eigenvalue weighted by molar-refractivity contribution is -0.122. The van der Waals surface area contributed by atoms with Crippen molar-refractivity contribution >= 4 is 5.91 Å². The molecule has 122 valence electrons. The van der Waals surface area contributed by atoms with Crippen molar-refractivity contribution in [2.24, 2.45) is 0 Å². The Balaban J connectivity index is 1.54. The maximum Gasteiger partial charge on any atom is 0.241 e. The van der Waals surface area contributed by atoms with E-state index >= 15 is 0 Å². The molecule has 0 aliphatic heterocycles. The molecular weight excluding hydrogens is 286 g/mol. The first-order valence-corrected chi connectivity index (χ1v) is 8.68. The molecule has 1 N–H and O–H groups in total. The quantitative estimate of drug-likeness (QED) is 0.934. The van der Waals surface area contributed by atoms with Crippen LogP contribution in [0.4, 0.5) is 0 Å². The van der Waals surface area contributed by atoms with Crippen LogP contribution in [0, 0.1) is 0 Å². The first-order valence-electron chi connectivity index (χ1n) is 8.68. The second-order valence-electron chi connectivity index (χ2n) is 6.40. The van der Waals surface area contributed by atoms with Crippen molar-refractivity contribution in [3.05, 3.63) is 42.7 Å². The normalized spacial score (nSPS) is 16.5. The Morgan fingerprint density at radius 3 is 2.48 bits per heavy atom. The van der Waals surface area contributed by atoms with E-state index in [0.717, 1.165) is 24.0 Å². The fourth-order valence-corrected chi connectivity index (χ4v) is 3.25. The van der Waals surface area contributed by atoms with Gasteiger partial charge in [-0.1, -0.05) is 62.4 Å². The van der Waals surface area contributed by atoms with E-state index in [2.05, 4.69) is 22.5 Å². The highest BCUT2D eigenvalue weighted by atomic mass is 16.2. The molecule has 1 aliphatic carbocycles. The molecule has 0 bridgehead atoms. The van der Waals surface area contributed by atoms with Gasteiger partial charge >= 0.3 is 0 Å². The highest BCUT2D eigenvalue weighted by molar-refractivity contribution is 5.76. The fourth-order valence-electron chi connectivity index (χ4n) is 3.25. The molecule has 1 aromatic heterocycles. The number of carbonyl (C=O) groups excluding carboxylic acids is 1. The Bertz CT molecular complexity index is 613. The lowest BCUT2D eigenvalue weighted by atomic mass is 9.97. The van der Waals surface area contributed by atoms with Crippen molar-refractivity contribution < 1.29 is 4.79 Å². The monoisotopic (exact) mass is 311 g/mol. The van der Waals surface area contributed by atoms with Gasteiger partial charge < -0.3 is 5.32 Å². The molecule has 1 amide bonds. The van der Waals surface area contributed by atoms with Gasteiger partial charge in [-0.05, 0) is 18.4 Å². The third kappa shape index (κ3) is 4.68. The van der Waals surface area contributed by atoms with Crippen LogP contribution in [-0.2, 0) is 11.3 Å². The standard InChI is InChI=1S/C19H25N3O/c23-19(21-18-11-7-2-1-3-8-12-18)15-22-14-17(13-20-22)16-9-5-4-6-10-16/h4-6,9-10,13-14,18H,1-3,7-8,11-12,15H2,(H,21,23). The van der Waals surface area contributed by atoms with E-state index in [1.54, 1.807) is 4.68 Å². The molecule has 23 heavy (non-hydrogen) atoms. The third-order valence-electron chi connectivity index (χ3n) is 4.52. The van der Waals surface area contributed by atoms with Crippen LogP contribution in [0.15, 0.2) is 42.7 Å². The Hall–Kier alpha value is -2.10. The smallest absolute Gasteiger partial charge is 0.241 e. The number of amides is 1. The van der Waals surface area contributed by atoms with E-state index in [9.17, 15) is 4.79 Å². The summed E-state index contributed by atoms with van der Waals surface area (Å²) in [4.78, 5) is 12.3. The summed E-state index contributed by atoms with van der Waals surface area (Å²) in [6.45, 7) is 0.295. The lowest BCUT2D eigenvalue weighted by Gasteiger charge is -2.21. The molecular formula is C19H25N3O. The van der Waals surface area contributed by atoms with E-state index in [-0.39, 0.29) is 5.91 Å². The van der Waals surface area contributed by atoms with Crippen LogP contribution in [-0.4, -0.2) is 21.7 Å². The molecule has 3 rings (SSSR count). The number of hydrogen-bond acceptors (Lipinski definition) is 2. The highest BCUT2D eigenvalue weighted by Crippen LogP contribution is 2.18. The average molecular weight is 311 g/mol. The van der Waals surface area contributed by atoms with E-state index in [1.807, 2.05) is 30.6 Å². The number of nitrogens with zero attached hydrogens (tertiary/aromatic N) is 2. The summed E-state index contributed by atoms with van der Waals surface area (Å²) in [7, 11) is 0. The maximum atomic E-state index is 12.3. The maximum absolute atomic E-state index is 12.3. The Labute approximate surface area is 137 Å². The van der Waals surface area contributed by atoms with E-state index in [0.29, 0.717) is 12.6 Å². The van der Waals surface area contributed by atoms with Crippen molar-refractivity contribution in [3.63, 3.8) is 0 Å². The number of hydrogen-bond donors (Lipinski definition) is 1. The van der Waals surface area contributed by atoms with Gasteiger partial charge in [-0.15, -0.1) is 0 Å². The predicted octanol–water partition coefficient (Wildman–Crippen LogP) is 3.78. The van der Waals surface area contributed by atoms with Gasteiger partial charge in [0.05, 0.1) is 6.20 Å². The molecule has 4 nitrogen and oxygen atoms in total. The van der Waals surface area contributed by atoms with Crippen molar-refractivity contribution in [2.45, 2.75) is 57.5 Å². The molecule has 0 spiro atoms. The molecule has 0 atom stereocenters. The first-order chi connectivity index (χ1) is 11.3. The SMILES string of the molecule is O=C(Cn1cc(-c2ccccc2)cn1)NC1CCCCCCC1. The number of carbonyl (C=O) groups is 1. The van der Waals surface area contributed by atoms with Crippen molar-refractivity contribution in [1.82, 2.24) is 15.1 Å². The van der Waals surface area contributed by atoms with Crippen LogP contribution in [0.25, 0.3) is 11.1 Å². The topological polar surface area (TPSA) is 46.9 Å². The third-order valence-corrected chi connectivity index (χ3v) is 4.52. The van der Waals surface area contributed by atoms with Gasteiger partial charge in [0, 0.05) is 17.8 Å². The minimum atomic E-state index is 0.0679. The zero-order valence-corrected chi connectivity index (χ0v) is 13.6. The van der Waals surface area contributed by atoms with E-state index < -0.39 is 0 Å². The van der Waals surface area contributed by atoms with Gasteiger partial charge in [0.15, 0.2) is 0 Å². The van der Waals surface area contributed by atoms with Crippen molar-refractivity contribution in [2.75, 3.05) is 0 Å². The van der Waals surface area contributed by atoms with Crippen LogP contribution < -0.4 is 5.32 Å². The predicted molar refractivity (Wildman–Crippen MR) is 91.9 cm³/mol.